The molecule has 2 aromatic carbocycles. The van der Waals surface area contributed by atoms with Gasteiger partial charge in [0.15, 0.2) is 0 Å². The van der Waals surface area contributed by atoms with Crippen molar-refractivity contribution in [3.63, 3.8) is 0 Å². The molecule has 0 atom stereocenters. The molecule has 0 amide bonds. The highest BCUT2D eigenvalue weighted by Crippen LogP contribution is 2.23. The van der Waals surface area contributed by atoms with Gasteiger partial charge in [-0.15, -0.1) is 0 Å². The molecule has 0 aliphatic carbocycles. The van der Waals surface area contributed by atoms with Crippen molar-refractivity contribution in [2.75, 3.05) is 0 Å². The summed E-state index contributed by atoms with van der Waals surface area (Å²) in [6.45, 7) is 4.08. The Bertz CT molecular complexity index is 544. The highest BCUT2D eigenvalue weighted by Gasteiger charge is 1.99. The summed E-state index contributed by atoms with van der Waals surface area (Å²) in [7, 11) is 0. The maximum Gasteiger partial charge on any atom is 0.127 e. The monoisotopic (exact) mass is 223 g/mol. The van der Waals surface area contributed by atoms with Crippen molar-refractivity contribution in [1.29, 1.82) is 5.26 Å². The van der Waals surface area contributed by atoms with E-state index in [2.05, 4.69) is 12.1 Å². The molecule has 2 heteroatoms. The van der Waals surface area contributed by atoms with E-state index >= 15 is 0 Å². The molecule has 0 saturated carbocycles. The van der Waals surface area contributed by atoms with Crippen LogP contribution in [0.1, 0.15) is 16.7 Å². The molecule has 0 radical (unpaired) electrons. The van der Waals surface area contributed by atoms with E-state index in [0.29, 0.717) is 5.56 Å². The van der Waals surface area contributed by atoms with Crippen LogP contribution in [0.3, 0.4) is 0 Å². The van der Waals surface area contributed by atoms with E-state index in [1.165, 1.54) is 11.1 Å². The first-order chi connectivity index (χ1) is 8.17. The fourth-order valence-electron chi connectivity index (χ4n) is 1.73. The van der Waals surface area contributed by atoms with Crippen molar-refractivity contribution >= 4 is 0 Å². The second-order valence-corrected chi connectivity index (χ2v) is 4.06. The minimum Gasteiger partial charge on any atom is -0.457 e. The van der Waals surface area contributed by atoms with E-state index in [0.717, 1.165) is 11.5 Å². The third-order valence-electron chi connectivity index (χ3n) is 2.41. The zero-order valence-corrected chi connectivity index (χ0v) is 9.90. The Morgan fingerprint density at radius 1 is 0.882 bits per heavy atom. The number of hydrogen-bond donors (Lipinski definition) is 0. The molecule has 84 valence electrons. The molecule has 2 aromatic rings. The Morgan fingerprint density at radius 3 is 2.00 bits per heavy atom. The van der Waals surface area contributed by atoms with Gasteiger partial charge in [0.05, 0.1) is 11.6 Å². The molecule has 0 heterocycles. The predicted octanol–water partition coefficient (Wildman–Crippen LogP) is 3.97. The topological polar surface area (TPSA) is 33.0 Å². The van der Waals surface area contributed by atoms with Gasteiger partial charge in [0, 0.05) is 0 Å². The summed E-state index contributed by atoms with van der Waals surface area (Å²) in [5, 5.41) is 8.70. The maximum atomic E-state index is 8.70. The standard InChI is InChI=1S/C15H13NO/c1-11-7-12(2)9-15(8-11)17-14-5-3-13(10-16)4-6-14/h3-9H,1-2H3. The molecule has 2 nitrogen and oxygen atoms in total. The summed E-state index contributed by atoms with van der Waals surface area (Å²) in [5.41, 5.74) is 2.99. The highest BCUT2D eigenvalue weighted by molar-refractivity contribution is 5.39. The van der Waals surface area contributed by atoms with E-state index in [-0.39, 0.29) is 0 Å². The van der Waals surface area contributed by atoms with E-state index in [1.54, 1.807) is 24.3 Å². The lowest BCUT2D eigenvalue weighted by atomic mass is 10.1. The number of benzene rings is 2. The van der Waals surface area contributed by atoms with Crippen LogP contribution in [0.4, 0.5) is 0 Å². The molecule has 0 saturated heterocycles. The van der Waals surface area contributed by atoms with E-state index in [4.69, 9.17) is 10.00 Å². The molecular weight excluding hydrogens is 210 g/mol. The summed E-state index contributed by atoms with van der Waals surface area (Å²) in [6, 6.07) is 15.3. The van der Waals surface area contributed by atoms with Crippen LogP contribution in [0.2, 0.25) is 0 Å². The molecule has 0 unspecified atom stereocenters. The normalized spacial score (nSPS) is 9.71. The minimum atomic E-state index is 0.637. The van der Waals surface area contributed by atoms with E-state index in [1.807, 2.05) is 26.0 Å². The molecule has 0 aliphatic heterocycles. The van der Waals surface area contributed by atoms with Gasteiger partial charge in [-0.05, 0) is 61.4 Å². The fraction of sp³-hybridized carbons (Fsp3) is 0.133. The number of nitrogens with zero attached hydrogens (tertiary/aromatic N) is 1. The first-order valence-corrected chi connectivity index (χ1v) is 5.44. The van der Waals surface area contributed by atoms with Gasteiger partial charge < -0.3 is 4.74 Å². The van der Waals surface area contributed by atoms with Crippen LogP contribution in [-0.4, -0.2) is 0 Å². The zero-order valence-electron chi connectivity index (χ0n) is 9.90. The van der Waals surface area contributed by atoms with Gasteiger partial charge in [0.2, 0.25) is 0 Å². The lowest BCUT2D eigenvalue weighted by Gasteiger charge is -2.07. The smallest absolute Gasteiger partial charge is 0.127 e. The molecule has 2 rings (SSSR count). The van der Waals surface area contributed by atoms with Crippen molar-refractivity contribution in [3.8, 4) is 17.6 Å². The average molecular weight is 223 g/mol. The first kappa shape index (κ1) is 11.2. The number of ether oxygens (including phenoxy) is 1. The Balaban J connectivity index is 2.22. The Hall–Kier alpha value is -2.27. The average Bonchev–Trinajstić information content (AvgIpc) is 2.28. The van der Waals surface area contributed by atoms with Gasteiger partial charge in [0.1, 0.15) is 11.5 Å². The third-order valence-corrected chi connectivity index (χ3v) is 2.41. The van der Waals surface area contributed by atoms with Crippen LogP contribution in [0.15, 0.2) is 42.5 Å². The van der Waals surface area contributed by atoms with Crippen LogP contribution >= 0.6 is 0 Å². The molecule has 0 aliphatic rings. The summed E-state index contributed by atoms with van der Waals surface area (Å²) < 4.78 is 5.73. The quantitative estimate of drug-likeness (QED) is 0.771. The van der Waals surface area contributed by atoms with E-state index in [9.17, 15) is 0 Å². The summed E-state index contributed by atoms with van der Waals surface area (Å²) in [4.78, 5) is 0. The second-order valence-electron chi connectivity index (χ2n) is 4.06. The van der Waals surface area contributed by atoms with Crippen molar-refractivity contribution in [2.45, 2.75) is 13.8 Å². The van der Waals surface area contributed by atoms with Crippen LogP contribution in [0.5, 0.6) is 11.5 Å². The largest absolute Gasteiger partial charge is 0.457 e. The molecule has 0 N–H and O–H groups in total. The molecule has 0 spiro atoms. The number of rotatable bonds is 2. The van der Waals surface area contributed by atoms with Crippen LogP contribution in [0, 0.1) is 25.2 Å². The van der Waals surface area contributed by atoms with Crippen molar-refractivity contribution < 1.29 is 4.74 Å². The maximum absolute atomic E-state index is 8.70. The van der Waals surface area contributed by atoms with Crippen molar-refractivity contribution in [1.82, 2.24) is 0 Å². The van der Waals surface area contributed by atoms with Gasteiger partial charge in [-0.1, -0.05) is 6.07 Å². The number of hydrogen-bond acceptors (Lipinski definition) is 2. The first-order valence-electron chi connectivity index (χ1n) is 5.44. The van der Waals surface area contributed by atoms with Crippen LogP contribution in [-0.2, 0) is 0 Å². The van der Waals surface area contributed by atoms with Gasteiger partial charge in [-0.2, -0.15) is 5.26 Å². The molecule has 0 fully saturated rings. The summed E-state index contributed by atoms with van der Waals surface area (Å²) in [6.07, 6.45) is 0. The van der Waals surface area contributed by atoms with Gasteiger partial charge >= 0.3 is 0 Å². The van der Waals surface area contributed by atoms with Crippen LogP contribution in [0.25, 0.3) is 0 Å². The minimum absolute atomic E-state index is 0.637. The Kier molecular flexibility index (Phi) is 3.11. The zero-order chi connectivity index (χ0) is 12.3. The SMILES string of the molecule is Cc1cc(C)cc(Oc2ccc(C#N)cc2)c1. The highest BCUT2D eigenvalue weighted by atomic mass is 16.5. The van der Waals surface area contributed by atoms with Gasteiger partial charge in [0.25, 0.3) is 0 Å². The lowest BCUT2D eigenvalue weighted by molar-refractivity contribution is 0.482. The van der Waals surface area contributed by atoms with Crippen molar-refractivity contribution in [2.24, 2.45) is 0 Å². The Morgan fingerprint density at radius 2 is 1.47 bits per heavy atom. The fourth-order valence-corrected chi connectivity index (χ4v) is 1.73. The Labute approximate surface area is 101 Å². The molecule has 0 aromatic heterocycles. The lowest BCUT2D eigenvalue weighted by Crippen LogP contribution is -1.86. The molecule has 0 bridgehead atoms. The van der Waals surface area contributed by atoms with Gasteiger partial charge in [-0.25, -0.2) is 0 Å². The predicted molar refractivity (Wildman–Crippen MR) is 67.1 cm³/mol. The van der Waals surface area contributed by atoms with E-state index < -0.39 is 0 Å². The van der Waals surface area contributed by atoms with Gasteiger partial charge in [-0.3, -0.25) is 0 Å². The summed E-state index contributed by atoms with van der Waals surface area (Å²) >= 11 is 0. The van der Waals surface area contributed by atoms with Crippen LogP contribution < -0.4 is 4.74 Å². The third kappa shape index (κ3) is 2.85. The molecular formula is C15H13NO. The number of nitriles is 1. The molecule has 17 heavy (non-hydrogen) atoms. The van der Waals surface area contributed by atoms with Crippen molar-refractivity contribution in [3.05, 3.63) is 59.2 Å². The second kappa shape index (κ2) is 4.71. The summed E-state index contributed by atoms with van der Waals surface area (Å²) in [5.74, 6) is 1.57. The number of aryl methyl sites for hydroxylation is 2.